The van der Waals surface area contributed by atoms with Crippen molar-refractivity contribution in [1.82, 2.24) is 10.3 Å². The van der Waals surface area contributed by atoms with Crippen molar-refractivity contribution < 1.29 is 31.0 Å². The van der Waals surface area contributed by atoms with Crippen molar-refractivity contribution in [3.63, 3.8) is 0 Å². The fraction of sp³-hybridized carbons (Fsp3) is 0.100. The predicted molar refractivity (Wildman–Crippen MR) is 92.7 cm³/mol. The zero-order valence-electron chi connectivity index (χ0n) is 14.3. The summed E-state index contributed by atoms with van der Waals surface area (Å²) in [6.07, 6.45) is -9.07. The average molecular weight is 408 g/mol. The number of hydrogen-bond donors (Lipinski definition) is 0. The molecule has 3 nitrogen and oxygen atoms in total. The van der Waals surface area contributed by atoms with Crippen molar-refractivity contribution in [3.8, 4) is 22.3 Å². The molecule has 0 bridgehead atoms. The minimum absolute atomic E-state index is 0.189. The van der Waals surface area contributed by atoms with Crippen molar-refractivity contribution in [2.45, 2.75) is 12.4 Å². The van der Waals surface area contributed by atoms with Crippen LogP contribution in [0, 0.1) is 0 Å². The molecule has 0 fully saturated rings. The van der Waals surface area contributed by atoms with Crippen LogP contribution in [0.5, 0.6) is 0 Å². The first kappa shape index (κ1) is 19.0. The predicted octanol–water partition coefficient (Wildman–Crippen LogP) is 6.59. The number of rotatable bonds is 2. The van der Waals surface area contributed by atoms with E-state index in [9.17, 15) is 26.3 Å². The molecular weight excluding hydrogens is 398 g/mol. The molecule has 0 N–H and O–H groups in total. The molecule has 0 spiro atoms. The number of fused-ring (bicyclic) bond motifs is 1. The van der Waals surface area contributed by atoms with Gasteiger partial charge >= 0.3 is 12.4 Å². The minimum Gasteiger partial charge on any atom is -0.243 e. The smallest absolute Gasteiger partial charge is 0.243 e. The Morgan fingerprint density at radius 3 is 1.83 bits per heavy atom. The van der Waals surface area contributed by atoms with Crippen molar-refractivity contribution in [3.05, 3.63) is 71.8 Å². The maximum Gasteiger partial charge on any atom is 0.416 e. The van der Waals surface area contributed by atoms with Gasteiger partial charge in [0.2, 0.25) is 0 Å². The molecule has 4 aromatic rings. The summed E-state index contributed by atoms with van der Waals surface area (Å²) < 4.78 is 83.1. The van der Waals surface area contributed by atoms with Crippen LogP contribution in [0.25, 0.3) is 33.3 Å². The van der Waals surface area contributed by atoms with Gasteiger partial charge < -0.3 is 0 Å². The quantitative estimate of drug-likeness (QED) is 0.351. The molecule has 0 atom stereocenters. The summed E-state index contributed by atoms with van der Waals surface area (Å²) in [5.41, 5.74) is -0.244. The first-order valence-electron chi connectivity index (χ1n) is 8.24. The lowest BCUT2D eigenvalue weighted by Gasteiger charge is -2.12. The van der Waals surface area contributed by atoms with E-state index in [-0.39, 0.29) is 27.7 Å². The Balaban J connectivity index is 1.91. The minimum atomic E-state index is -4.55. The molecule has 0 radical (unpaired) electrons. The standard InChI is InChI=1S/C20H10F6N2O/c21-19(22,23)14-5-1-3-11(7-14)13-9-16(18-17(10-13)27-29-28-18)12-4-2-6-15(8-12)20(24,25)26/h1-10H. The van der Waals surface area contributed by atoms with Crippen molar-refractivity contribution in [2.24, 2.45) is 0 Å². The van der Waals surface area contributed by atoms with Gasteiger partial charge in [0.15, 0.2) is 0 Å². The van der Waals surface area contributed by atoms with E-state index in [1.165, 1.54) is 36.4 Å². The third-order valence-electron chi connectivity index (χ3n) is 4.39. The van der Waals surface area contributed by atoms with Crippen molar-refractivity contribution in [2.75, 3.05) is 0 Å². The molecule has 1 heterocycles. The van der Waals surface area contributed by atoms with Crippen LogP contribution in [0.3, 0.4) is 0 Å². The second-order valence-electron chi connectivity index (χ2n) is 6.31. The molecule has 0 aliphatic rings. The van der Waals surface area contributed by atoms with Crippen LogP contribution in [0.1, 0.15) is 11.1 Å². The summed E-state index contributed by atoms with van der Waals surface area (Å²) >= 11 is 0. The summed E-state index contributed by atoms with van der Waals surface area (Å²) in [4.78, 5) is 0. The molecule has 9 heteroatoms. The number of aromatic nitrogens is 2. The van der Waals surface area contributed by atoms with Crippen LogP contribution in [0.15, 0.2) is 65.3 Å². The first-order valence-corrected chi connectivity index (χ1v) is 8.24. The Hall–Kier alpha value is -3.36. The van der Waals surface area contributed by atoms with Gasteiger partial charge in [-0.05, 0) is 63.4 Å². The van der Waals surface area contributed by atoms with Crippen LogP contribution in [0.4, 0.5) is 26.3 Å². The van der Waals surface area contributed by atoms with Gasteiger partial charge in [-0.1, -0.05) is 24.3 Å². The molecule has 1 aromatic heterocycles. The van der Waals surface area contributed by atoms with Gasteiger partial charge in [-0.2, -0.15) is 26.3 Å². The van der Waals surface area contributed by atoms with Gasteiger partial charge in [0.1, 0.15) is 11.0 Å². The summed E-state index contributed by atoms with van der Waals surface area (Å²) in [5, 5.41) is 7.43. The number of nitrogens with zero attached hydrogens (tertiary/aromatic N) is 2. The highest BCUT2D eigenvalue weighted by molar-refractivity contribution is 5.95. The van der Waals surface area contributed by atoms with E-state index in [0.29, 0.717) is 5.56 Å². The van der Waals surface area contributed by atoms with Gasteiger partial charge in [-0.15, -0.1) is 0 Å². The van der Waals surface area contributed by atoms with Gasteiger partial charge in [0.25, 0.3) is 0 Å². The van der Waals surface area contributed by atoms with E-state index < -0.39 is 23.5 Å². The van der Waals surface area contributed by atoms with Crippen LogP contribution in [-0.4, -0.2) is 10.3 Å². The third-order valence-corrected chi connectivity index (χ3v) is 4.39. The summed E-state index contributed by atoms with van der Waals surface area (Å²) in [6.45, 7) is 0. The van der Waals surface area contributed by atoms with Crippen LogP contribution >= 0.6 is 0 Å². The van der Waals surface area contributed by atoms with E-state index in [1.807, 2.05) is 0 Å². The highest BCUT2D eigenvalue weighted by atomic mass is 19.4. The van der Waals surface area contributed by atoms with Crippen molar-refractivity contribution in [1.29, 1.82) is 0 Å². The Bertz CT molecular complexity index is 1190. The molecule has 0 aliphatic carbocycles. The Morgan fingerprint density at radius 1 is 0.621 bits per heavy atom. The van der Waals surface area contributed by atoms with E-state index in [2.05, 4.69) is 10.3 Å². The second-order valence-corrected chi connectivity index (χ2v) is 6.31. The molecule has 0 amide bonds. The summed E-state index contributed by atoms with van der Waals surface area (Å²) in [7, 11) is 0. The van der Waals surface area contributed by atoms with Gasteiger partial charge in [0.05, 0.1) is 11.1 Å². The average Bonchev–Trinajstić information content (AvgIpc) is 3.15. The Morgan fingerprint density at radius 2 is 1.21 bits per heavy atom. The highest BCUT2D eigenvalue weighted by Crippen LogP contribution is 2.37. The SMILES string of the molecule is FC(F)(F)c1cccc(-c2cc(-c3cccc(C(F)(F)F)c3)c3nonc3c2)c1. The molecule has 29 heavy (non-hydrogen) atoms. The Labute approximate surface area is 159 Å². The maximum atomic E-state index is 13.1. The lowest BCUT2D eigenvalue weighted by atomic mass is 9.95. The molecule has 0 aliphatic heterocycles. The summed E-state index contributed by atoms with van der Waals surface area (Å²) in [6, 6.07) is 12.1. The molecule has 4 rings (SSSR count). The monoisotopic (exact) mass is 408 g/mol. The van der Waals surface area contributed by atoms with Crippen LogP contribution in [0.2, 0.25) is 0 Å². The lowest BCUT2D eigenvalue weighted by Crippen LogP contribution is -2.04. The highest BCUT2D eigenvalue weighted by Gasteiger charge is 2.31. The molecular formula is C20H10F6N2O. The van der Waals surface area contributed by atoms with Crippen molar-refractivity contribution >= 4 is 11.0 Å². The Kier molecular flexibility index (Phi) is 4.33. The topological polar surface area (TPSA) is 38.9 Å². The normalized spacial score (nSPS) is 12.5. The lowest BCUT2D eigenvalue weighted by molar-refractivity contribution is -0.138. The molecule has 0 saturated carbocycles. The van der Waals surface area contributed by atoms with E-state index in [4.69, 9.17) is 4.63 Å². The second kappa shape index (κ2) is 6.61. The van der Waals surface area contributed by atoms with Gasteiger partial charge in [-0.25, -0.2) is 4.63 Å². The summed E-state index contributed by atoms with van der Waals surface area (Å²) in [5.74, 6) is 0. The van der Waals surface area contributed by atoms with Crippen LogP contribution < -0.4 is 0 Å². The largest absolute Gasteiger partial charge is 0.416 e. The van der Waals surface area contributed by atoms with Gasteiger partial charge in [0, 0.05) is 5.56 Å². The van der Waals surface area contributed by atoms with E-state index in [0.717, 1.165) is 24.3 Å². The third kappa shape index (κ3) is 3.67. The maximum absolute atomic E-state index is 13.1. The number of hydrogen-bond acceptors (Lipinski definition) is 3. The number of alkyl halides is 6. The first-order chi connectivity index (χ1) is 13.6. The molecule has 0 saturated heterocycles. The molecule has 148 valence electrons. The fourth-order valence-corrected chi connectivity index (χ4v) is 3.01. The van der Waals surface area contributed by atoms with E-state index >= 15 is 0 Å². The zero-order valence-corrected chi connectivity index (χ0v) is 14.3. The van der Waals surface area contributed by atoms with Gasteiger partial charge in [-0.3, -0.25) is 0 Å². The van der Waals surface area contributed by atoms with Crippen LogP contribution in [-0.2, 0) is 12.4 Å². The molecule has 0 unspecified atom stereocenters. The zero-order chi connectivity index (χ0) is 20.8. The molecule has 3 aromatic carbocycles. The van der Waals surface area contributed by atoms with E-state index in [1.54, 1.807) is 0 Å². The fourth-order valence-electron chi connectivity index (χ4n) is 3.01. The number of benzene rings is 3. The number of halogens is 6.